The summed E-state index contributed by atoms with van der Waals surface area (Å²) in [5, 5.41) is 12.7. The molecule has 3 nitrogen and oxygen atoms in total. The van der Waals surface area contributed by atoms with Gasteiger partial charge in [-0.05, 0) is 66.1 Å². The number of allylic oxidation sites excluding steroid dienone is 2. The molecule has 41 heavy (non-hydrogen) atoms. The molecule has 2 atom stereocenters. The molecule has 2 unspecified atom stereocenters. The highest BCUT2D eigenvalue weighted by atomic mass is 15.2. The maximum Gasteiger partial charge on any atom is 0.101 e. The summed E-state index contributed by atoms with van der Waals surface area (Å²) >= 11 is 0. The van der Waals surface area contributed by atoms with E-state index in [1.807, 2.05) is 6.07 Å². The molecule has 0 radical (unpaired) electrons. The molecule has 3 heteroatoms. The Morgan fingerprint density at radius 3 is 2.17 bits per heavy atom. The zero-order valence-electron chi connectivity index (χ0n) is 22.7. The van der Waals surface area contributed by atoms with Crippen LogP contribution in [0.25, 0.3) is 38.6 Å². The summed E-state index contributed by atoms with van der Waals surface area (Å²) in [5.74, 6) is 0.294. The highest BCUT2D eigenvalue weighted by molar-refractivity contribution is 6.09. The van der Waals surface area contributed by atoms with Crippen LogP contribution in [0.15, 0.2) is 140 Å². The second kappa shape index (κ2) is 8.84. The summed E-state index contributed by atoms with van der Waals surface area (Å²) in [7, 11) is 0. The van der Waals surface area contributed by atoms with Crippen LogP contribution in [0.2, 0.25) is 0 Å². The first kappa shape index (κ1) is 23.5. The van der Waals surface area contributed by atoms with E-state index in [1.54, 1.807) is 0 Å². The Morgan fingerprint density at radius 2 is 1.39 bits per heavy atom. The highest BCUT2D eigenvalue weighted by Crippen LogP contribution is 2.54. The third kappa shape index (κ3) is 3.38. The van der Waals surface area contributed by atoms with Crippen molar-refractivity contribution in [3.63, 3.8) is 0 Å². The molecule has 2 heterocycles. The summed E-state index contributed by atoms with van der Waals surface area (Å²) in [6, 6.07) is 43.0. The molecule has 0 saturated carbocycles. The first-order valence-electron chi connectivity index (χ1n) is 14.1. The van der Waals surface area contributed by atoms with E-state index in [9.17, 15) is 5.26 Å². The monoisotopic (exact) mass is 525 g/mol. The summed E-state index contributed by atoms with van der Waals surface area (Å²) in [6.07, 6.45) is 8.95. The van der Waals surface area contributed by atoms with Gasteiger partial charge >= 0.3 is 0 Å². The molecule has 194 valence electrons. The molecule has 8 rings (SSSR count). The average Bonchev–Trinajstić information content (AvgIpc) is 3.50. The predicted octanol–water partition coefficient (Wildman–Crippen LogP) is 9.44. The lowest BCUT2D eigenvalue weighted by Crippen LogP contribution is -2.41. The van der Waals surface area contributed by atoms with Crippen LogP contribution in [0.4, 0.5) is 11.4 Å². The molecule has 6 aromatic rings. The quantitative estimate of drug-likeness (QED) is 0.230. The van der Waals surface area contributed by atoms with Crippen LogP contribution < -0.4 is 4.90 Å². The number of nitriles is 1. The molecule has 1 aliphatic heterocycles. The van der Waals surface area contributed by atoms with Crippen LogP contribution in [0.1, 0.15) is 24.0 Å². The molecule has 0 bridgehead atoms. The molecule has 0 N–H and O–H groups in total. The standard InChI is InChI=1S/C38H27N3/c1-38-22-9-8-16-33(38)32-15-4-7-19-37(32)41(38)29-12-10-11-26(24-29)27-20-21-34(28(23-27)25-39)40-35-17-5-2-13-30(35)31-14-3-6-18-36(31)40/h2-24,33H,1H3. The van der Waals surface area contributed by atoms with Crippen molar-refractivity contribution < 1.29 is 0 Å². The number of para-hydroxylation sites is 3. The van der Waals surface area contributed by atoms with E-state index in [2.05, 4.69) is 156 Å². The Morgan fingerprint density at radius 1 is 0.683 bits per heavy atom. The van der Waals surface area contributed by atoms with Gasteiger partial charge in [0.25, 0.3) is 0 Å². The average molecular weight is 526 g/mol. The van der Waals surface area contributed by atoms with Gasteiger partial charge in [0.15, 0.2) is 0 Å². The van der Waals surface area contributed by atoms with E-state index in [0.717, 1.165) is 33.5 Å². The van der Waals surface area contributed by atoms with Gasteiger partial charge in [-0.15, -0.1) is 0 Å². The third-order valence-electron chi connectivity index (χ3n) is 8.85. The van der Waals surface area contributed by atoms with E-state index in [0.29, 0.717) is 11.5 Å². The maximum atomic E-state index is 10.3. The fraction of sp³-hybridized carbons (Fsp3) is 0.0789. The number of rotatable bonds is 3. The smallest absolute Gasteiger partial charge is 0.101 e. The minimum Gasteiger partial charge on any atom is -0.331 e. The minimum atomic E-state index is -0.185. The van der Waals surface area contributed by atoms with Crippen LogP contribution in [-0.2, 0) is 0 Å². The van der Waals surface area contributed by atoms with Crippen molar-refractivity contribution >= 4 is 33.2 Å². The van der Waals surface area contributed by atoms with E-state index in [1.165, 1.54) is 22.0 Å². The van der Waals surface area contributed by atoms with Gasteiger partial charge in [-0.1, -0.05) is 97.1 Å². The lowest BCUT2D eigenvalue weighted by molar-refractivity contribution is 0.542. The Kier molecular flexibility index (Phi) is 5.08. The van der Waals surface area contributed by atoms with Crippen LogP contribution in [-0.4, -0.2) is 10.1 Å². The Labute approximate surface area is 239 Å². The van der Waals surface area contributed by atoms with Crippen molar-refractivity contribution in [2.24, 2.45) is 0 Å². The molecular formula is C38H27N3. The Balaban J connectivity index is 1.26. The Bertz CT molecular complexity index is 2050. The minimum absolute atomic E-state index is 0.185. The number of anilines is 2. The molecule has 2 aliphatic rings. The van der Waals surface area contributed by atoms with Gasteiger partial charge < -0.3 is 9.47 Å². The van der Waals surface area contributed by atoms with Crippen molar-refractivity contribution in [2.45, 2.75) is 18.4 Å². The van der Waals surface area contributed by atoms with Crippen molar-refractivity contribution in [1.29, 1.82) is 5.26 Å². The first-order valence-corrected chi connectivity index (χ1v) is 14.1. The molecule has 0 fully saturated rings. The van der Waals surface area contributed by atoms with Gasteiger partial charge in [0.2, 0.25) is 0 Å². The van der Waals surface area contributed by atoms with E-state index in [4.69, 9.17) is 0 Å². The molecule has 5 aromatic carbocycles. The molecule has 0 saturated heterocycles. The maximum absolute atomic E-state index is 10.3. The van der Waals surface area contributed by atoms with Gasteiger partial charge in [0.05, 0.1) is 27.8 Å². The van der Waals surface area contributed by atoms with Crippen LogP contribution in [0.3, 0.4) is 0 Å². The fourth-order valence-electron chi connectivity index (χ4n) is 6.99. The summed E-state index contributed by atoms with van der Waals surface area (Å²) in [5.41, 5.74) is 9.42. The second-order valence-electron chi connectivity index (χ2n) is 11.1. The number of hydrogen-bond acceptors (Lipinski definition) is 2. The van der Waals surface area contributed by atoms with Gasteiger partial charge in [0, 0.05) is 28.1 Å². The van der Waals surface area contributed by atoms with E-state index in [-0.39, 0.29) is 5.54 Å². The van der Waals surface area contributed by atoms with Crippen molar-refractivity contribution in [3.05, 3.63) is 151 Å². The zero-order valence-corrected chi connectivity index (χ0v) is 22.7. The molecule has 1 aromatic heterocycles. The first-order chi connectivity index (χ1) is 20.2. The Hall–Kier alpha value is -5.33. The SMILES string of the molecule is CC12C=CC=CC1c1ccccc1N2c1cccc(-c2ccc(-n3c4ccccc4c4ccccc43)c(C#N)c2)c1. The van der Waals surface area contributed by atoms with E-state index < -0.39 is 0 Å². The number of aromatic nitrogens is 1. The largest absolute Gasteiger partial charge is 0.331 e. The number of nitrogens with zero attached hydrogens (tertiary/aromatic N) is 3. The van der Waals surface area contributed by atoms with Crippen LogP contribution in [0, 0.1) is 11.3 Å². The van der Waals surface area contributed by atoms with Crippen molar-refractivity contribution in [2.75, 3.05) is 4.90 Å². The number of hydrogen-bond donors (Lipinski definition) is 0. The lowest BCUT2D eigenvalue weighted by atomic mass is 9.80. The lowest BCUT2D eigenvalue weighted by Gasteiger charge is -2.39. The van der Waals surface area contributed by atoms with Gasteiger partial charge in [0.1, 0.15) is 6.07 Å². The zero-order chi connectivity index (χ0) is 27.6. The summed E-state index contributed by atoms with van der Waals surface area (Å²) in [4.78, 5) is 2.47. The topological polar surface area (TPSA) is 32.0 Å². The highest BCUT2D eigenvalue weighted by Gasteiger charge is 2.46. The molecule has 0 amide bonds. The predicted molar refractivity (Wildman–Crippen MR) is 169 cm³/mol. The van der Waals surface area contributed by atoms with Gasteiger partial charge in [-0.3, -0.25) is 0 Å². The number of fused-ring (bicyclic) bond motifs is 6. The summed E-state index contributed by atoms with van der Waals surface area (Å²) < 4.78 is 2.22. The summed E-state index contributed by atoms with van der Waals surface area (Å²) in [6.45, 7) is 2.32. The van der Waals surface area contributed by atoms with Gasteiger partial charge in [-0.25, -0.2) is 0 Å². The van der Waals surface area contributed by atoms with Crippen molar-refractivity contribution in [1.82, 2.24) is 4.57 Å². The second-order valence-corrected chi connectivity index (χ2v) is 11.1. The number of benzene rings is 5. The molecular weight excluding hydrogens is 498 g/mol. The normalized spacial score (nSPS) is 18.9. The molecule has 1 aliphatic carbocycles. The van der Waals surface area contributed by atoms with Crippen LogP contribution >= 0.6 is 0 Å². The molecule has 0 spiro atoms. The van der Waals surface area contributed by atoms with Crippen molar-refractivity contribution in [3.8, 4) is 22.9 Å². The fourth-order valence-corrected chi connectivity index (χ4v) is 6.99. The van der Waals surface area contributed by atoms with E-state index >= 15 is 0 Å². The van der Waals surface area contributed by atoms with Crippen LogP contribution in [0.5, 0.6) is 0 Å². The third-order valence-corrected chi connectivity index (χ3v) is 8.85. The van der Waals surface area contributed by atoms with Gasteiger partial charge in [-0.2, -0.15) is 5.26 Å².